The van der Waals surface area contributed by atoms with Crippen LogP contribution in [0.3, 0.4) is 0 Å². The Morgan fingerprint density at radius 1 is 0.884 bits per heavy atom. The highest BCUT2D eigenvalue weighted by Gasteiger charge is 2.34. The van der Waals surface area contributed by atoms with Gasteiger partial charge in [-0.15, -0.1) is 0 Å². The van der Waals surface area contributed by atoms with Gasteiger partial charge in [-0.3, -0.25) is 9.62 Å². The summed E-state index contributed by atoms with van der Waals surface area (Å²) in [6.07, 6.45) is -1.40. The Labute approximate surface area is 253 Å². The van der Waals surface area contributed by atoms with Gasteiger partial charge in [-0.1, -0.05) is 84.9 Å². The van der Waals surface area contributed by atoms with Crippen LogP contribution in [0.4, 0.5) is 5.69 Å². The number of likely N-dealkylation sites (N-methyl/N-ethyl adjacent to an activating group) is 1. The molecule has 0 radical (unpaired) electrons. The molecule has 5 atom stereocenters. The van der Waals surface area contributed by atoms with Gasteiger partial charge in [0.25, 0.3) is 10.0 Å². The molecule has 9 heteroatoms. The average Bonchev–Trinajstić information content (AvgIpc) is 3.04. The zero-order chi connectivity index (χ0) is 30.4. The van der Waals surface area contributed by atoms with Crippen molar-refractivity contribution in [2.45, 2.75) is 55.5 Å². The van der Waals surface area contributed by atoms with Gasteiger partial charge in [-0.05, 0) is 54.9 Å². The summed E-state index contributed by atoms with van der Waals surface area (Å²) < 4.78 is 41.5. The zero-order valence-electron chi connectivity index (χ0n) is 24.3. The summed E-state index contributed by atoms with van der Waals surface area (Å²) in [7, 11) is -1.80. The number of sulfonamides is 1. The van der Waals surface area contributed by atoms with Crippen LogP contribution in [-0.4, -0.2) is 49.3 Å². The van der Waals surface area contributed by atoms with Crippen molar-refractivity contribution in [1.29, 1.82) is 0 Å². The van der Waals surface area contributed by atoms with Crippen molar-refractivity contribution in [2.75, 3.05) is 18.3 Å². The molecule has 0 bridgehead atoms. The molecule has 0 saturated carbocycles. The van der Waals surface area contributed by atoms with Crippen molar-refractivity contribution >= 4 is 15.7 Å². The normalized spacial score (nSPS) is 20.4. The zero-order valence-corrected chi connectivity index (χ0v) is 25.1. The number of ether oxygens (including phenoxy) is 2. The maximum atomic E-state index is 13.0. The third kappa shape index (κ3) is 7.69. The van der Waals surface area contributed by atoms with Gasteiger partial charge in [0.15, 0.2) is 6.29 Å². The summed E-state index contributed by atoms with van der Waals surface area (Å²) in [5.74, 6) is 0. The Balaban J connectivity index is 1.37. The number of rotatable bonds is 11. The van der Waals surface area contributed by atoms with Gasteiger partial charge < -0.3 is 19.7 Å². The summed E-state index contributed by atoms with van der Waals surface area (Å²) >= 11 is 0. The Bertz CT molecular complexity index is 1570. The number of hydrogen-bond acceptors (Lipinski definition) is 7. The van der Waals surface area contributed by atoms with Crippen molar-refractivity contribution in [3.63, 3.8) is 0 Å². The first-order valence-electron chi connectivity index (χ1n) is 14.3. The molecule has 226 valence electrons. The van der Waals surface area contributed by atoms with Crippen LogP contribution in [0.5, 0.6) is 0 Å². The third-order valence-corrected chi connectivity index (χ3v) is 9.26. The lowest BCUT2D eigenvalue weighted by Crippen LogP contribution is -2.43. The second kappa shape index (κ2) is 13.8. The maximum absolute atomic E-state index is 13.0. The monoisotopic (exact) mass is 602 g/mol. The largest absolute Gasteiger partial charge is 0.392 e. The molecular weight excluding hydrogens is 564 g/mol. The van der Waals surface area contributed by atoms with Crippen LogP contribution in [0.15, 0.2) is 114 Å². The van der Waals surface area contributed by atoms with Crippen molar-refractivity contribution in [3.8, 4) is 0 Å². The minimum Gasteiger partial charge on any atom is -0.392 e. The molecule has 3 N–H and O–H groups in total. The molecule has 0 amide bonds. The lowest BCUT2D eigenvalue weighted by atomic mass is 9.98. The van der Waals surface area contributed by atoms with E-state index in [1.807, 2.05) is 74.6 Å². The maximum Gasteiger partial charge on any atom is 0.261 e. The van der Waals surface area contributed by atoms with Gasteiger partial charge in [0.1, 0.15) is 0 Å². The summed E-state index contributed by atoms with van der Waals surface area (Å²) in [6.45, 7) is 2.48. The fraction of sp³-hybridized carbons (Fsp3) is 0.294. The van der Waals surface area contributed by atoms with Crippen molar-refractivity contribution in [3.05, 3.63) is 131 Å². The average molecular weight is 603 g/mol. The molecule has 1 saturated heterocycles. The van der Waals surface area contributed by atoms with E-state index in [1.165, 1.54) is 0 Å². The Hall–Kier alpha value is -3.57. The van der Waals surface area contributed by atoms with Crippen LogP contribution in [0.2, 0.25) is 0 Å². The number of nitrogens with one attached hydrogen (secondary N) is 1. The van der Waals surface area contributed by atoms with Crippen LogP contribution in [0, 0.1) is 0 Å². The van der Waals surface area contributed by atoms with Crippen LogP contribution in [-0.2, 0) is 26.1 Å². The van der Waals surface area contributed by atoms with E-state index in [1.54, 1.807) is 48.5 Å². The van der Waals surface area contributed by atoms with Crippen molar-refractivity contribution in [2.24, 2.45) is 0 Å². The number of anilines is 1. The molecular formula is C34H38N2O6S. The lowest BCUT2D eigenvalue weighted by Gasteiger charge is -2.39. The van der Waals surface area contributed by atoms with Gasteiger partial charge in [0.2, 0.25) is 0 Å². The predicted octanol–water partition coefficient (Wildman–Crippen LogP) is 5.58. The molecule has 43 heavy (non-hydrogen) atoms. The second-order valence-electron chi connectivity index (χ2n) is 10.9. The number of aliphatic hydroxyl groups is 2. The minimum absolute atomic E-state index is 0.0434. The molecule has 0 unspecified atom stereocenters. The smallest absolute Gasteiger partial charge is 0.261 e. The quantitative estimate of drug-likeness (QED) is 0.206. The molecule has 5 rings (SSSR count). The molecule has 0 aromatic heterocycles. The van der Waals surface area contributed by atoms with Crippen molar-refractivity contribution < 1.29 is 28.1 Å². The molecule has 1 aliphatic rings. The number of benzene rings is 4. The Kier molecular flexibility index (Phi) is 9.92. The van der Waals surface area contributed by atoms with E-state index >= 15 is 0 Å². The van der Waals surface area contributed by atoms with Crippen LogP contribution in [0.1, 0.15) is 54.1 Å². The lowest BCUT2D eigenvalue weighted by molar-refractivity contribution is -0.253. The van der Waals surface area contributed by atoms with Gasteiger partial charge >= 0.3 is 0 Å². The Morgan fingerprint density at radius 3 is 2.23 bits per heavy atom. The number of nitrogens with zero attached hydrogens (tertiary/aromatic N) is 1. The standard InChI is InChI=1S/C34H38N2O6S/c1-24(33(38)27-10-5-3-6-11-27)36(2)22-30-21-32(26-18-16-25(23-37)17-19-26)42-34(41-30)28-12-9-13-29(20-28)35-43(39,40)31-14-7-4-8-15-31/h3-20,24,30,32-35,37-38H,21-23H2,1-2H3/t24-,30-,32+,33-,34+/m0/s1. The molecule has 0 spiro atoms. The fourth-order valence-electron chi connectivity index (χ4n) is 5.25. The topological polar surface area (TPSA) is 108 Å². The molecule has 1 heterocycles. The van der Waals surface area contributed by atoms with E-state index in [0.29, 0.717) is 24.2 Å². The van der Waals surface area contributed by atoms with Gasteiger partial charge in [-0.2, -0.15) is 0 Å². The Morgan fingerprint density at radius 2 is 1.56 bits per heavy atom. The molecule has 4 aromatic carbocycles. The van der Waals surface area contributed by atoms with E-state index in [4.69, 9.17) is 9.47 Å². The van der Waals surface area contributed by atoms with Crippen molar-refractivity contribution in [1.82, 2.24) is 4.90 Å². The molecule has 1 aliphatic heterocycles. The van der Waals surface area contributed by atoms with Gasteiger partial charge in [0, 0.05) is 30.3 Å². The van der Waals surface area contributed by atoms with Gasteiger partial charge in [0.05, 0.1) is 29.8 Å². The minimum atomic E-state index is -3.77. The fourth-order valence-corrected chi connectivity index (χ4v) is 6.32. The molecule has 8 nitrogen and oxygen atoms in total. The predicted molar refractivity (Wildman–Crippen MR) is 166 cm³/mol. The SMILES string of the molecule is C[C@@H]([C@H](O)c1ccccc1)N(C)C[C@@H]1C[C@H](c2ccc(CO)cc2)O[C@H](c2cccc(NS(=O)(=O)c3ccccc3)c2)O1. The van der Waals surface area contributed by atoms with Gasteiger partial charge in [-0.25, -0.2) is 8.42 Å². The first kappa shape index (κ1) is 30.9. The first-order valence-corrected chi connectivity index (χ1v) is 15.8. The highest BCUT2D eigenvalue weighted by Crippen LogP contribution is 2.39. The summed E-state index contributed by atoms with van der Waals surface area (Å²) in [4.78, 5) is 2.26. The van der Waals surface area contributed by atoms with E-state index in [0.717, 1.165) is 16.7 Å². The first-order chi connectivity index (χ1) is 20.7. The highest BCUT2D eigenvalue weighted by atomic mass is 32.2. The second-order valence-corrected chi connectivity index (χ2v) is 12.6. The van der Waals surface area contributed by atoms with E-state index < -0.39 is 22.4 Å². The molecule has 0 aliphatic carbocycles. The summed E-state index contributed by atoms with van der Waals surface area (Å²) in [5, 5.41) is 20.5. The third-order valence-electron chi connectivity index (χ3n) is 7.86. The van der Waals surface area contributed by atoms with Crippen LogP contribution < -0.4 is 4.72 Å². The number of aliphatic hydroxyl groups excluding tert-OH is 2. The highest BCUT2D eigenvalue weighted by molar-refractivity contribution is 7.92. The van der Waals surface area contributed by atoms with E-state index in [-0.39, 0.29) is 29.8 Å². The summed E-state index contributed by atoms with van der Waals surface area (Å²) in [5.41, 5.74) is 3.69. The number of hydrogen-bond donors (Lipinski definition) is 3. The van der Waals surface area contributed by atoms with E-state index in [9.17, 15) is 18.6 Å². The summed E-state index contributed by atoms with van der Waals surface area (Å²) in [6, 6.07) is 32.3. The van der Waals surface area contributed by atoms with E-state index in [2.05, 4.69) is 9.62 Å². The molecule has 4 aromatic rings. The van der Waals surface area contributed by atoms with Crippen LogP contribution in [0.25, 0.3) is 0 Å². The van der Waals surface area contributed by atoms with Crippen LogP contribution >= 0.6 is 0 Å². The molecule has 1 fully saturated rings.